The van der Waals surface area contributed by atoms with Crippen LogP contribution in [0.4, 0.5) is 10.1 Å². The van der Waals surface area contributed by atoms with Gasteiger partial charge in [-0.1, -0.05) is 18.2 Å². The van der Waals surface area contributed by atoms with E-state index in [1.807, 2.05) is 0 Å². The summed E-state index contributed by atoms with van der Waals surface area (Å²) in [5.74, 6) is -1.32. The molecule has 3 rings (SSSR count). The Kier molecular flexibility index (Phi) is 7.63. The predicted molar refractivity (Wildman–Crippen MR) is 110 cm³/mol. The average molecular weight is 430 g/mol. The molecule has 10 heteroatoms. The number of halogens is 1. The van der Waals surface area contributed by atoms with Gasteiger partial charge in [0.15, 0.2) is 0 Å². The molecule has 1 fully saturated rings. The summed E-state index contributed by atoms with van der Waals surface area (Å²) in [7, 11) is 0. The Morgan fingerprint density at radius 3 is 2.52 bits per heavy atom. The highest BCUT2D eigenvalue weighted by Crippen LogP contribution is 2.21. The molecule has 31 heavy (non-hydrogen) atoms. The average Bonchev–Trinajstić information content (AvgIpc) is 2.79. The number of carbonyl (C=O) groups is 2. The van der Waals surface area contributed by atoms with Crippen LogP contribution in [0.3, 0.4) is 0 Å². The molecule has 0 bridgehead atoms. The molecule has 1 saturated heterocycles. The maximum Gasteiger partial charge on any atom is 0.270 e. The highest BCUT2D eigenvalue weighted by Gasteiger charge is 2.23. The van der Waals surface area contributed by atoms with Gasteiger partial charge in [-0.3, -0.25) is 24.6 Å². The van der Waals surface area contributed by atoms with E-state index >= 15 is 0 Å². The fraction of sp³-hybridized carbons (Fsp3) is 0.333. The molecule has 164 valence electrons. The van der Waals surface area contributed by atoms with Gasteiger partial charge in [0.05, 0.1) is 30.7 Å². The van der Waals surface area contributed by atoms with Crippen molar-refractivity contribution in [1.82, 2.24) is 15.5 Å². The first kappa shape index (κ1) is 22.3. The third kappa shape index (κ3) is 6.30. The maximum atomic E-state index is 13.3. The van der Waals surface area contributed by atoms with Gasteiger partial charge in [-0.15, -0.1) is 0 Å². The number of amides is 2. The van der Waals surface area contributed by atoms with Crippen molar-refractivity contribution in [2.24, 2.45) is 0 Å². The van der Waals surface area contributed by atoms with Crippen molar-refractivity contribution < 1.29 is 23.6 Å². The fourth-order valence-corrected chi connectivity index (χ4v) is 3.33. The summed E-state index contributed by atoms with van der Waals surface area (Å²) < 4.78 is 18.7. The third-order valence-electron chi connectivity index (χ3n) is 4.96. The van der Waals surface area contributed by atoms with Crippen LogP contribution in [-0.4, -0.2) is 61.0 Å². The minimum atomic E-state index is -0.593. The Morgan fingerprint density at radius 1 is 1.13 bits per heavy atom. The van der Waals surface area contributed by atoms with E-state index in [4.69, 9.17) is 4.74 Å². The lowest BCUT2D eigenvalue weighted by molar-refractivity contribution is -0.384. The van der Waals surface area contributed by atoms with Crippen molar-refractivity contribution in [1.29, 1.82) is 0 Å². The number of non-ortho nitro benzene ring substituents is 1. The van der Waals surface area contributed by atoms with Crippen LogP contribution < -0.4 is 10.6 Å². The normalized spacial score (nSPS) is 15.1. The molecular weight excluding hydrogens is 407 g/mol. The Labute approximate surface area is 178 Å². The summed E-state index contributed by atoms with van der Waals surface area (Å²) in [4.78, 5) is 36.9. The molecule has 1 heterocycles. The lowest BCUT2D eigenvalue weighted by Gasteiger charge is -2.35. The summed E-state index contributed by atoms with van der Waals surface area (Å²) in [5, 5.41) is 16.1. The molecule has 0 aliphatic carbocycles. The minimum absolute atomic E-state index is 0.0968. The number of nitrogens with zero attached hydrogens (tertiary/aromatic N) is 2. The molecule has 0 aromatic heterocycles. The van der Waals surface area contributed by atoms with Gasteiger partial charge in [0.25, 0.3) is 11.6 Å². The van der Waals surface area contributed by atoms with Crippen molar-refractivity contribution in [2.75, 3.05) is 39.4 Å². The monoisotopic (exact) mass is 430 g/mol. The standard InChI is InChI=1S/C21H23FN4O5/c22-17-6-4-15(5-7-17)19(25-8-10-31-11-9-25)13-23-20(27)14-24-21(28)16-2-1-3-18(12-16)26(29)30/h1-7,12,19H,8-11,13-14H2,(H,23,27)(H,24,28). The predicted octanol–water partition coefficient (Wildman–Crippen LogP) is 1.65. The number of hydrogen-bond acceptors (Lipinski definition) is 6. The van der Waals surface area contributed by atoms with E-state index in [1.165, 1.54) is 30.3 Å². The SMILES string of the molecule is O=C(CNC(=O)c1cccc([N+](=O)[O-])c1)NCC(c1ccc(F)cc1)N1CCOCC1. The molecule has 0 saturated carbocycles. The molecule has 2 aromatic rings. The number of rotatable bonds is 8. The lowest BCUT2D eigenvalue weighted by Crippen LogP contribution is -2.45. The van der Waals surface area contributed by atoms with E-state index in [1.54, 1.807) is 12.1 Å². The van der Waals surface area contributed by atoms with Crippen LogP contribution in [0.15, 0.2) is 48.5 Å². The van der Waals surface area contributed by atoms with Gasteiger partial charge in [0, 0.05) is 37.3 Å². The zero-order valence-electron chi connectivity index (χ0n) is 16.8. The third-order valence-corrected chi connectivity index (χ3v) is 4.96. The second kappa shape index (κ2) is 10.6. The zero-order chi connectivity index (χ0) is 22.2. The molecule has 1 aliphatic heterocycles. The molecule has 2 aromatic carbocycles. The van der Waals surface area contributed by atoms with E-state index in [2.05, 4.69) is 15.5 Å². The van der Waals surface area contributed by atoms with Gasteiger partial charge in [0.1, 0.15) is 5.82 Å². The Morgan fingerprint density at radius 2 is 1.84 bits per heavy atom. The molecule has 1 atom stereocenters. The van der Waals surface area contributed by atoms with E-state index in [0.29, 0.717) is 26.3 Å². The van der Waals surface area contributed by atoms with Crippen LogP contribution in [0.25, 0.3) is 0 Å². The molecule has 0 spiro atoms. The van der Waals surface area contributed by atoms with Gasteiger partial charge in [-0.05, 0) is 23.8 Å². The first-order chi connectivity index (χ1) is 14.9. The van der Waals surface area contributed by atoms with Gasteiger partial charge in [-0.25, -0.2) is 4.39 Å². The number of morpholine rings is 1. The molecule has 1 unspecified atom stereocenters. The van der Waals surface area contributed by atoms with Crippen molar-refractivity contribution in [2.45, 2.75) is 6.04 Å². The van der Waals surface area contributed by atoms with E-state index < -0.39 is 16.7 Å². The van der Waals surface area contributed by atoms with Crippen LogP contribution in [0.2, 0.25) is 0 Å². The summed E-state index contributed by atoms with van der Waals surface area (Å²) in [6.07, 6.45) is 0. The molecule has 0 radical (unpaired) electrons. The summed E-state index contributed by atoms with van der Waals surface area (Å²) >= 11 is 0. The zero-order valence-corrected chi connectivity index (χ0v) is 16.8. The second-order valence-corrected chi connectivity index (χ2v) is 7.01. The smallest absolute Gasteiger partial charge is 0.270 e. The first-order valence-electron chi connectivity index (χ1n) is 9.80. The Bertz CT molecular complexity index is 932. The number of benzene rings is 2. The van der Waals surface area contributed by atoms with Crippen LogP contribution in [-0.2, 0) is 9.53 Å². The second-order valence-electron chi connectivity index (χ2n) is 7.01. The van der Waals surface area contributed by atoms with Crippen molar-refractivity contribution in [3.8, 4) is 0 Å². The Hall–Kier alpha value is -3.37. The van der Waals surface area contributed by atoms with Crippen molar-refractivity contribution >= 4 is 17.5 Å². The van der Waals surface area contributed by atoms with Crippen molar-refractivity contribution in [3.05, 3.63) is 75.6 Å². The number of nitro benzene ring substituents is 1. The van der Waals surface area contributed by atoms with E-state index in [9.17, 15) is 24.1 Å². The topological polar surface area (TPSA) is 114 Å². The minimum Gasteiger partial charge on any atom is -0.379 e. The Balaban J connectivity index is 1.56. The first-order valence-corrected chi connectivity index (χ1v) is 9.80. The van der Waals surface area contributed by atoms with Gasteiger partial charge >= 0.3 is 0 Å². The number of ether oxygens (including phenoxy) is 1. The summed E-state index contributed by atoms with van der Waals surface area (Å²) in [6.45, 7) is 2.51. The molecule has 9 nitrogen and oxygen atoms in total. The number of nitro groups is 1. The van der Waals surface area contributed by atoms with Crippen LogP contribution in [0.5, 0.6) is 0 Å². The van der Waals surface area contributed by atoms with Crippen LogP contribution in [0.1, 0.15) is 22.0 Å². The number of hydrogen-bond donors (Lipinski definition) is 2. The molecule has 2 N–H and O–H groups in total. The highest BCUT2D eigenvalue weighted by molar-refractivity contribution is 5.96. The van der Waals surface area contributed by atoms with Gasteiger partial charge in [-0.2, -0.15) is 0 Å². The molecular formula is C21H23FN4O5. The lowest BCUT2D eigenvalue weighted by atomic mass is 10.0. The maximum absolute atomic E-state index is 13.3. The highest BCUT2D eigenvalue weighted by atomic mass is 19.1. The van der Waals surface area contributed by atoms with Crippen LogP contribution >= 0.6 is 0 Å². The molecule has 2 amide bonds. The summed E-state index contributed by atoms with van der Waals surface area (Å²) in [5.41, 5.74) is 0.758. The largest absolute Gasteiger partial charge is 0.379 e. The van der Waals surface area contributed by atoms with Crippen LogP contribution in [0, 0.1) is 15.9 Å². The summed E-state index contributed by atoms with van der Waals surface area (Å²) in [6, 6.07) is 11.2. The van der Waals surface area contributed by atoms with Crippen molar-refractivity contribution in [3.63, 3.8) is 0 Å². The van der Waals surface area contributed by atoms with E-state index in [0.717, 1.165) is 11.6 Å². The number of nitrogens with one attached hydrogen (secondary N) is 2. The van der Waals surface area contributed by atoms with E-state index in [-0.39, 0.29) is 36.2 Å². The molecule has 1 aliphatic rings. The van der Waals surface area contributed by atoms with Gasteiger partial charge in [0.2, 0.25) is 5.91 Å². The fourth-order valence-electron chi connectivity index (χ4n) is 3.33. The number of carbonyl (C=O) groups excluding carboxylic acids is 2. The quantitative estimate of drug-likeness (QED) is 0.486. The van der Waals surface area contributed by atoms with Gasteiger partial charge < -0.3 is 15.4 Å².